The van der Waals surface area contributed by atoms with Gasteiger partial charge in [0.2, 0.25) is 0 Å². The van der Waals surface area contributed by atoms with Crippen LogP contribution in [-0.2, 0) is 5.41 Å². The molecular formula is C31H21ClO. The minimum atomic E-state index is -0.159. The molecule has 0 saturated carbocycles. The Balaban J connectivity index is 1.65. The summed E-state index contributed by atoms with van der Waals surface area (Å²) in [6.07, 6.45) is 0. The zero-order valence-electron chi connectivity index (χ0n) is 18.4. The highest BCUT2D eigenvalue weighted by Gasteiger charge is 2.38. The maximum atomic E-state index is 6.56. The zero-order valence-corrected chi connectivity index (χ0v) is 19.2. The molecule has 1 aromatic heterocycles. The molecular weight excluding hydrogens is 424 g/mol. The lowest BCUT2D eigenvalue weighted by Crippen LogP contribution is -2.15. The van der Waals surface area contributed by atoms with Crippen LogP contribution < -0.4 is 0 Å². The summed E-state index contributed by atoms with van der Waals surface area (Å²) in [5, 5.41) is 5.60. The predicted molar refractivity (Wildman–Crippen MR) is 139 cm³/mol. The van der Waals surface area contributed by atoms with E-state index in [9.17, 15) is 0 Å². The molecule has 6 aromatic rings. The largest absolute Gasteiger partial charge is 0.455 e. The molecule has 0 fully saturated rings. The fourth-order valence-corrected chi connectivity index (χ4v) is 5.81. The Hall–Kier alpha value is -3.55. The molecule has 0 N–H and O–H groups in total. The van der Waals surface area contributed by atoms with Crippen molar-refractivity contribution >= 4 is 44.3 Å². The molecule has 0 amide bonds. The molecule has 0 saturated heterocycles. The number of furan rings is 1. The van der Waals surface area contributed by atoms with Gasteiger partial charge in [-0.15, -0.1) is 0 Å². The summed E-state index contributed by atoms with van der Waals surface area (Å²) in [7, 11) is 0. The number of rotatable bonds is 1. The van der Waals surface area contributed by atoms with Crippen LogP contribution in [0.15, 0.2) is 95.4 Å². The second kappa shape index (κ2) is 6.50. The number of halogens is 1. The molecule has 1 heterocycles. The van der Waals surface area contributed by atoms with E-state index < -0.39 is 0 Å². The van der Waals surface area contributed by atoms with E-state index in [1.54, 1.807) is 0 Å². The van der Waals surface area contributed by atoms with Crippen molar-refractivity contribution in [1.29, 1.82) is 0 Å². The van der Waals surface area contributed by atoms with Gasteiger partial charge in [0.15, 0.2) is 0 Å². The smallest absolute Gasteiger partial charge is 0.143 e. The molecule has 158 valence electrons. The molecule has 0 atom stereocenters. The van der Waals surface area contributed by atoms with E-state index in [0.29, 0.717) is 0 Å². The van der Waals surface area contributed by atoms with E-state index in [0.717, 1.165) is 27.1 Å². The molecule has 1 aliphatic rings. The standard InChI is InChI=1S/C31H21ClO/c1-31(2)25-16-21(32)13-14-22(25)28-26(31)17-24(20-12-11-18-7-3-4-8-19(18)15-20)30-29(28)23-9-5-6-10-27(23)33-30/h3-17H,1-2H3. The number of hydrogen-bond donors (Lipinski definition) is 0. The van der Waals surface area contributed by atoms with E-state index in [-0.39, 0.29) is 5.41 Å². The van der Waals surface area contributed by atoms with Crippen LogP contribution in [0.25, 0.3) is 55.0 Å². The SMILES string of the molecule is CC1(C)c2cc(Cl)ccc2-c2c1cc(-c1ccc3ccccc3c1)c1oc3ccccc3c21. The topological polar surface area (TPSA) is 13.1 Å². The normalized spacial score (nSPS) is 14.2. The van der Waals surface area contributed by atoms with Gasteiger partial charge in [-0.2, -0.15) is 0 Å². The number of para-hydroxylation sites is 1. The third-order valence-corrected chi connectivity index (χ3v) is 7.54. The molecule has 2 heteroatoms. The third-order valence-electron chi connectivity index (χ3n) is 7.31. The van der Waals surface area contributed by atoms with Crippen LogP contribution in [0.5, 0.6) is 0 Å². The van der Waals surface area contributed by atoms with Gasteiger partial charge in [-0.3, -0.25) is 0 Å². The van der Waals surface area contributed by atoms with Crippen LogP contribution in [0.1, 0.15) is 25.0 Å². The summed E-state index contributed by atoms with van der Waals surface area (Å²) >= 11 is 6.45. The van der Waals surface area contributed by atoms with Gasteiger partial charge in [0.05, 0.1) is 0 Å². The van der Waals surface area contributed by atoms with Crippen molar-refractivity contribution in [3.63, 3.8) is 0 Å². The fraction of sp³-hybridized carbons (Fsp3) is 0.0968. The van der Waals surface area contributed by atoms with Gasteiger partial charge in [-0.1, -0.05) is 86.1 Å². The van der Waals surface area contributed by atoms with Gasteiger partial charge in [-0.25, -0.2) is 0 Å². The Labute approximate surface area is 197 Å². The van der Waals surface area contributed by atoms with Crippen LogP contribution in [-0.4, -0.2) is 0 Å². The van der Waals surface area contributed by atoms with Crippen molar-refractivity contribution in [3.8, 4) is 22.3 Å². The minimum Gasteiger partial charge on any atom is -0.455 e. The van der Waals surface area contributed by atoms with Crippen molar-refractivity contribution in [2.45, 2.75) is 19.3 Å². The van der Waals surface area contributed by atoms with Crippen LogP contribution in [0, 0.1) is 0 Å². The first-order chi connectivity index (χ1) is 16.0. The maximum Gasteiger partial charge on any atom is 0.143 e. The summed E-state index contributed by atoms with van der Waals surface area (Å²) in [6, 6.07) is 32.2. The summed E-state index contributed by atoms with van der Waals surface area (Å²) < 4.78 is 6.56. The molecule has 0 unspecified atom stereocenters. The summed E-state index contributed by atoms with van der Waals surface area (Å²) in [5.74, 6) is 0. The molecule has 0 spiro atoms. The van der Waals surface area contributed by atoms with E-state index >= 15 is 0 Å². The Bertz CT molecular complexity index is 1750. The molecule has 0 bridgehead atoms. The second-order valence-electron chi connectivity index (χ2n) is 9.53. The van der Waals surface area contributed by atoms with Gasteiger partial charge in [0, 0.05) is 26.8 Å². The van der Waals surface area contributed by atoms with Crippen LogP contribution in [0.4, 0.5) is 0 Å². The summed E-state index contributed by atoms with van der Waals surface area (Å²) in [6.45, 7) is 4.60. The quantitative estimate of drug-likeness (QED) is 0.246. The molecule has 5 aromatic carbocycles. The van der Waals surface area contributed by atoms with Gasteiger partial charge < -0.3 is 4.42 Å². The molecule has 0 radical (unpaired) electrons. The minimum absolute atomic E-state index is 0.159. The van der Waals surface area contributed by atoms with Crippen molar-refractivity contribution in [2.24, 2.45) is 0 Å². The Kier molecular flexibility index (Phi) is 3.73. The first-order valence-corrected chi connectivity index (χ1v) is 11.7. The Morgan fingerprint density at radius 1 is 0.697 bits per heavy atom. The monoisotopic (exact) mass is 444 g/mol. The molecule has 33 heavy (non-hydrogen) atoms. The number of hydrogen-bond acceptors (Lipinski definition) is 1. The van der Waals surface area contributed by atoms with Crippen LogP contribution in [0.2, 0.25) is 5.02 Å². The molecule has 0 aliphatic heterocycles. The van der Waals surface area contributed by atoms with Gasteiger partial charge in [-0.05, 0) is 68.9 Å². The van der Waals surface area contributed by atoms with Gasteiger partial charge >= 0.3 is 0 Å². The second-order valence-corrected chi connectivity index (χ2v) is 9.96. The summed E-state index contributed by atoms with van der Waals surface area (Å²) in [5.41, 5.74) is 9.13. The maximum absolute atomic E-state index is 6.56. The van der Waals surface area contributed by atoms with Gasteiger partial charge in [0.25, 0.3) is 0 Å². The average Bonchev–Trinajstić information content (AvgIpc) is 3.31. The lowest BCUT2D eigenvalue weighted by Gasteiger charge is -2.22. The zero-order chi connectivity index (χ0) is 22.3. The van der Waals surface area contributed by atoms with Crippen molar-refractivity contribution < 1.29 is 4.42 Å². The highest BCUT2D eigenvalue weighted by Crippen LogP contribution is 2.55. The lowest BCUT2D eigenvalue weighted by molar-refractivity contribution is 0.657. The van der Waals surface area contributed by atoms with E-state index in [2.05, 4.69) is 92.7 Å². The van der Waals surface area contributed by atoms with Gasteiger partial charge in [0.1, 0.15) is 11.2 Å². The van der Waals surface area contributed by atoms with E-state index in [1.807, 2.05) is 12.1 Å². The van der Waals surface area contributed by atoms with Crippen LogP contribution >= 0.6 is 11.6 Å². The highest BCUT2D eigenvalue weighted by atomic mass is 35.5. The van der Waals surface area contributed by atoms with E-state index in [4.69, 9.17) is 16.0 Å². The molecule has 7 rings (SSSR count). The van der Waals surface area contributed by atoms with Crippen molar-refractivity contribution in [2.75, 3.05) is 0 Å². The average molecular weight is 445 g/mol. The highest BCUT2D eigenvalue weighted by molar-refractivity contribution is 6.31. The number of fused-ring (bicyclic) bond motifs is 8. The van der Waals surface area contributed by atoms with Crippen molar-refractivity contribution in [1.82, 2.24) is 0 Å². The fourth-order valence-electron chi connectivity index (χ4n) is 5.64. The van der Waals surface area contributed by atoms with E-state index in [1.165, 1.54) is 44.0 Å². The Morgan fingerprint density at radius 3 is 2.36 bits per heavy atom. The third kappa shape index (κ3) is 2.54. The first-order valence-electron chi connectivity index (χ1n) is 11.3. The Morgan fingerprint density at radius 2 is 1.48 bits per heavy atom. The van der Waals surface area contributed by atoms with Crippen molar-refractivity contribution in [3.05, 3.63) is 107 Å². The number of benzene rings is 5. The van der Waals surface area contributed by atoms with Crippen LogP contribution in [0.3, 0.4) is 0 Å². The lowest BCUT2D eigenvalue weighted by atomic mass is 9.81. The first kappa shape index (κ1) is 19.0. The predicted octanol–water partition coefficient (Wildman–Crippen LogP) is 9.37. The molecule has 1 aliphatic carbocycles. The molecule has 1 nitrogen and oxygen atoms in total. The summed E-state index contributed by atoms with van der Waals surface area (Å²) in [4.78, 5) is 0.